The van der Waals surface area contributed by atoms with Gasteiger partial charge in [0.1, 0.15) is 0 Å². The van der Waals surface area contributed by atoms with Crippen molar-refractivity contribution in [1.29, 1.82) is 0 Å². The monoisotopic (exact) mass is 171 g/mol. The molecule has 0 aromatic carbocycles. The van der Waals surface area contributed by atoms with E-state index in [1.807, 2.05) is 0 Å². The van der Waals surface area contributed by atoms with Gasteiger partial charge in [-0.3, -0.25) is 0 Å². The molecule has 2 nitrogen and oxygen atoms in total. The summed E-state index contributed by atoms with van der Waals surface area (Å²) in [6.07, 6.45) is 5.02. The van der Waals surface area contributed by atoms with E-state index in [1.54, 1.807) is 0 Å². The molecule has 2 atom stereocenters. The molecule has 1 saturated carbocycles. The van der Waals surface area contributed by atoms with Crippen LogP contribution < -0.4 is 5.73 Å². The second-order valence-corrected chi connectivity index (χ2v) is 4.78. The number of hydrogen-bond donors (Lipinski definition) is 1. The lowest BCUT2D eigenvalue weighted by molar-refractivity contribution is -0.0757. The molecule has 72 valence electrons. The SMILES string of the molecule is CC(C)(C)OC1CCCC(N)C1. The molecule has 0 amide bonds. The first-order valence-corrected chi connectivity index (χ1v) is 4.91. The van der Waals surface area contributed by atoms with Crippen LogP contribution in [0, 0.1) is 0 Å². The van der Waals surface area contributed by atoms with Gasteiger partial charge in [0.25, 0.3) is 0 Å². The number of nitrogens with two attached hydrogens (primary N) is 1. The molecule has 2 N–H and O–H groups in total. The minimum atomic E-state index is -0.0122. The number of rotatable bonds is 1. The Balaban J connectivity index is 2.32. The van der Waals surface area contributed by atoms with E-state index in [0.717, 1.165) is 6.42 Å². The Morgan fingerprint density at radius 3 is 2.42 bits per heavy atom. The fraction of sp³-hybridized carbons (Fsp3) is 1.00. The Labute approximate surface area is 75.5 Å². The van der Waals surface area contributed by atoms with Crippen LogP contribution in [0.2, 0.25) is 0 Å². The first-order chi connectivity index (χ1) is 5.47. The molecule has 0 spiro atoms. The summed E-state index contributed by atoms with van der Waals surface area (Å²) in [6, 6.07) is 0.367. The molecule has 0 aromatic rings. The smallest absolute Gasteiger partial charge is 0.0602 e. The normalized spacial score (nSPS) is 32.0. The van der Waals surface area contributed by atoms with Gasteiger partial charge in [0.2, 0.25) is 0 Å². The van der Waals surface area contributed by atoms with Gasteiger partial charge in [-0.15, -0.1) is 0 Å². The molecule has 0 aromatic heterocycles. The Kier molecular flexibility index (Phi) is 3.13. The van der Waals surface area contributed by atoms with E-state index >= 15 is 0 Å². The van der Waals surface area contributed by atoms with Gasteiger partial charge in [-0.2, -0.15) is 0 Å². The molecule has 12 heavy (non-hydrogen) atoms. The molecule has 1 rings (SSSR count). The van der Waals surface area contributed by atoms with Gasteiger partial charge in [0.05, 0.1) is 11.7 Å². The maximum Gasteiger partial charge on any atom is 0.0602 e. The molecule has 0 heterocycles. The molecular formula is C10H21NO. The van der Waals surface area contributed by atoms with Gasteiger partial charge in [-0.1, -0.05) is 0 Å². The Morgan fingerprint density at radius 1 is 1.25 bits per heavy atom. The summed E-state index contributed by atoms with van der Waals surface area (Å²) < 4.78 is 5.87. The molecule has 0 aliphatic heterocycles. The standard InChI is InChI=1S/C10H21NO/c1-10(2,3)12-9-6-4-5-8(11)7-9/h8-9H,4-7,11H2,1-3H3. The largest absolute Gasteiger partial charge is 0.373 e. The highest BCUT2D eigenvalue weighted by molar-refractivity contribution is 4.77. The van der Waals surface area contributed by atoms with Gasteiger partial charge in [0.15, 0.2) is 0 Å². The van der Waals surface area contributed by atoms with Crippen LogP contribution in [0.4, 0.5) is 0 Å². The van der Waals surface area contributed by atoms with Crippen molar-refractivity contribution >= 4 is 0 Å². The number of hydrogen-bond acceptors (Lipinski definition) is 2. The Bertz CT molecular complexity index is 139. The average Bonchev–Trinajstić information content (AvgIpc) is 1.82. The zero-order chi connectivity index (χ0) is 9.19. The highest BCUT2D eigenvalue weighted by Gasteiger charge is 2.24. The van der Waals surface area contributed by atoms with Crippen LogP contribution in [0.1, 0.15) is 46.5 Å². The van der Waals surface area contributed by atoms with Gasteiger partial charge >= 0.3 is 0 Å². The predicted octanol–water partition coefficient (Wildman–Crippen LogP) is 2.07. The van der Waals surface area contributed by atoms with Crippen molar-refractivity contribution in [3.05, 3.63) is 0 Å². The van der Waals surface area contributed by atoms with Crippen molar-refractivity contribution < 1.29 is 4.74 Å². The summed E-state index contributed by atoms with van der Waals surface area (Å²) >= 11 is 0. The summed E-state index contributed by atoms with van der Waals surface area (Å²) in [5.41, 5.74) is 5.85. The summed E-state index contributed by atoms with van der Waals surface area (Å²) in [4.78, 5) is 0. The van der Waals surface area contributed by atoms with Gasteiger partial charge in [-0.25, -0.2) is 0 Å². The summed E-state index contributed by atoms with van der Waals surface area (Å²) in [7, 11) is 0. The second-order valence-electron chi connectivity index (χ2n) is 4.78. The third-order valence-electron chi connectivity index (χ3n) is 2.19. The zero-order valence-corrected chi connectivity index (χ0v) is 8.47. The van der Waals surface area contributed by atoms with Gasteiger partial charge < -0.3 is 10.5 Å². The van der Waals surface area contributed by atoms with Crippen molar-refractivity contribution in [2.75, 3.05) is 0 Å². The topological polar surface area (TPSA) is 35.2 Å². The van der Waals surface area contributed by atoms with Crippen LogP contribution in [0.5, 0.6) is 0 Å². The second kappa shape index (κ2) is 3.75. The predicted molar refractivity (Wildman–Crippen MR) is 51.1 cm³/mol. The zero-order valence-electron chi connectivity index (χ0n) is 8.47. The van der Waals surface area contributed by atoms with Crippen molar-refractivity contribution in [2.24, 2.45) is 5.73 Å². The van der Waals surface area contributed by atoms with Crippen molar-refractivity contribution in [3.63, 3.8) is 0 Å². The highest BCUT2D eigenvalue weighted by Crippen LogP contribution is 2.23. The van der Waals surface area contributed by atoms with E-state index in [4.69, 9.17) is 10.5 Å². The fourth-order valence-corrected chi connectivity index (χ4v) is 1.79. The summed E-state index contributed by atoms with van der Waals surface area (Å²) in [6.45, 7) is 6.31. The van der Waals surface area contributed by atoms with Crippen LogP contribution in [0.25, 0.3) is 0 Å². The van der Waals surface area contributed by atoms with Crippen molar-refractivity contribution in [2.45, 2.75) is 64.2 Å². The third kappa shape index (κ3) is 3.55. The molecule has 1 aliphatic rings. The molecule has 0 saturated heterocycles. The van der Waals surface area contributed by atoms with E-state index in [1.165, 1.54) is 19.3 Å². The molecule has 2 heteroatoms. The van der Waals surface area contributed by atoms with Crippen LogP contribution in [-0.2, 0) is 4.74 Å². The lowest BCUT2D eigenvalue weighted by atomic mass is 9.93. The number of ether oxygens (including phenoxy) is 1. The lowest BCUT2D eigenvalue weighted by Gasteiger charge is -2.32. The van der Waals surface area contributed by atoms with Crippen LogP contribution in [0.15, 0.2) is 0 Å². The Hall–Kier alpha value is -0.0800. The molecule has 0 radical (unpaired) electrons. The first-order valence-electron chi connectivity index (χ1n) is 4.91. The van der Waals surface area contributed by atoms with Crippen LogP contribution >= 0.6 is 0 Å². The molecular weight excluding hydrogens is 150 g/mol. The summed E-state index contributed by atoms with van der Waals surface area (Å²) in [5.74, 6) is 0. The fourth-order valence-electron chi connectivity index (χ4n) is 1.79. The third-order valence-corrected chi connectivity index (χ3v) is 2.19. The molecule has 1 fully saturated rings. The highest BCUT2D eigenvalue weighted by atomic mass is 16.5. The minimum absolute atomic E-state index is 0.0122. The van der Waals surface area contributed by atoms with E-state index in [9.17, 15) is 0 Å². The first kappa shape index (κ1) is 10.0. The van der Waals surface area contributed by atoms with E-state index in [-0.39, 0.29) is 5.60 Å². The van der Waals surface area contributed by atoms with Gasteiger partial charge in [-0.05, 0) is 46.5 Å². The Morgan fingerprint density at radius 2 is 1.92 bits per heavy atom. The maximum atomic E-state index is 5.87. The van der Waals surface area contributed by atoms with E-state index in [2.05, 4.69) is 20.8 Å². The average molecular weight is 171 g/mol. The van der Waals surface area contributed by atoms with Crippen LogP contribution in [0.3, 0.4) is 0 Å². The van der Waals surface area contributed by atoms with Gasteiger partial charge in [0, 0.05) is 6.04 Å². The van der Waals surface area contributed by atoms with E-state index in [0.29, 0.717) is 12.1 Å². The quantitative estimate of drug-likeness (QED) is 0.655. The summed E-state index contributed by atoms with van der Waals surface area (Å²) in [5, 5.41) is 0. The lowest BCUT2D eigenvalue weighted by Crippen LogP contribution is -2.36. The molecule has 2 unspecified atom stereocenters. The molecule has 0 bridgehead atoms. The van der Waals surface area contributed by atoms with E-state index < -0.39 is 0 Å². The minimum Gasteiger partial charge on any atom is -0.373 e. The maximum absolute atomic E-state index is 5.87. The van der Waals surface area contributed by atoms with Crippen molar-refractivity contribution in [1.82, 2.24) is 0 Å². The molecule has 1 aliphatic carbocycles. The van der Waals surface area contributed by atoms with Crippen molar-refractivity contribution in [3.8, 4) is 0 Å². The van der Waals surface area contributed by atoms with Crippen LogP contribution in [-0.4, -0.2) is 17.7 Å².